The molecule has 2 aliphatic carbocycles. The van der Waals surface area contributed by atoms with Crippen LogP contribution in [0.2, 0.25) is 0 Å². The molecule has 2 N–H and O–H groups in total. The predicted octanol–water partition coefficient (Wildman–Crippen LogP) is 4.57. The molecule has 0 radical (unpaired) electrons. The van der Waals surface area contributed by atoms with Crippen molar-refractivity contribution in [2.45, 2.75) is 66.2 Å². The second kappa shape index (κ2) is 6.80. The van der Waals surface area contributed by atoms with Gasteiger partial charge in [-0.25, -0.2) is 4.79 Å². The van der Waals surface area contributed by atoms with Crippen LogP contribution in [0.5, 0.6) is 0 Å². The minimum atomic E-state index is -0.965. The molecule has 2 aliphatic rings. The van der Waals surface area contributed by atoms with Gasteiger partial charge in [-0.15, -0.1) is 0 Å². The third-order valence-electron chi connectivity index (χ3n) is 6.58. The normalized spacial score (nSPS) is 33.8. The van der Waals surface area contributed by atoms with Crippen molar-refractivity contribution in [3.63, 3.8) is 0 Å². The maximum absolute atomic E-state index is 10.9. The Hall–Kier alpha value is -1.09. The Morgan fingerprint density at radius 2 is 2.04 bits per heavy atom. The summed E-state index contributed by atoms with van der Waals surface area (Å²) < 4.78 is 0. The van der Waals surface area contributed by atoms with Gasteiger partial charge in [-0.1, -0.05) is 38.8 Å². The van der Waals surface area contributed by atoms with Crippen LogP contribution in [0.25, 0.3) is 0 Å². The van der Waals surface area contributed by atoms with Crippen molar-refractivity contribution in [1.29, 1.82) is 0 Å². The van der Waals surface area contributed by atoms with Gasteiger partial charge >= 0.3 is 5.97 Å². The van der Waals surface area contributed by atoms with Gasteiger partial charge in [-0.2, -0.15) is 0 Å². The van der Waals surface area contributed by atoms with Gasteiger partial charge in [0.15, 0.2) is 0 Å². The summed E-state index contributed by atoms with van der Waals surface area (Å²) in [5.74, 6) is 0.218. The minimum Gasteiger partial charge on any atom is -0.478 e. The first-order valence-electron chi connectivity index (χ1n) is 8.90. The molecule has 1 fully saturated rings. The Bertz CT molecular complexity index is 515. The monoisotopic (exact) mass is 320 g/mol. The smallest absolute Gasteiger partial charge is 0.328 e. The van der Waals surface area contributed by atoms with E-state index < -0.39 is 5.97 Å². The van der Waals surface area contributed by atoms with Crippen LogP contribution in [0.15, 0.2) is 23.3 Å². The highest BCUT2D eigenvalue weighted by atomic mass is 16.4. The van der Waals surface area contributed by atoms with E-state index >= 15 is 0 Å². The van der Waals surface area contributed by atoms with Crippen LogP contribution in [0.4, 0.5) is 0 Å². The number of aliphatic carboxylic acids is 1. The highest BCUT2D eigenvalue weighted by molar-refractivity contribution is 5.80. The van der Waals surface area contributed by atoms with Crippen LogP contribution in [-0.2, 0) is 4.79 Å². The molecule has 0 aromatic rings. The van der Waals surface area contributed by atoms with E-state index in [1.54, 1.807) is 0 Å². The number of allylic oxidation sites excluding steroid dienone is 2. The van der Waals surface area contributed by atoms with E-state index in [1.807, 2.05) is 0 Å². The summed E-state index contributed by atoms with van der Waals surface area (Å²) >= 11 is 0. The molecule has 0 heterocycles. The fourth-order valence-corrected chi connectivity index (χ4v) is 5.40. The first kappa shape index (κ1) is 18.3. The summed E-state index contributed by atoms with van der Waals surface area (Å²) in [6.07, 6.45) is 10.2. The first-order valence-corrected chi connectivity index (χ1v) is 8.90. The van der Waals surface area contributed by atoms with Crippen LogP contribution >= 0.6 is 0 Å². The van der Waals surface area contributed by atoms with Crippen molar-refractivity contribution >= 4 is 5.97 Å². The van der Waals surface area contributed by atoms with Crippen molar-refractivity contribution in [1.82, 2.24) is 0 Å². The fraction of sp³-hybridized carbons (Fsp3) is 0.750. The fourth-order valence-electron chi connectivity index (χ4n) is 5.40. The molecule has 0 spiro atoms. The van der Waals surface area contributed by atoms with Gasteiger partial charge in [0.1, 0.15) is 0 Å². The van der Waals surface area contributed by atoms with E-state index in [0.29, 0.717) is 34.7 Å². The SMILES string of the molecule is CC1=CC[C@@H]2C(C)(C)CCC[C@]2(C)[C@@H]1CC/C(=C/C(=O)O)CO. The molecule has 23 heavy (non-hydrogen) atoms. The van der Waals surface area contributed by atoms with Crippen LogP contribution in [0.1, 0.15) is 66.2 Å². The van der Waals surface area contributed by atoms with E-state index in [1.165, 1.54) is 37.3 Å². The molecule has 0 bridgehead atoms. The molecule has 0 amide bonds. The van der Waals surface area contributed by atoms with Crippen LogP contribution in [-0.4, -0.2) is 22.8 Å². The van der Waals surface area contributed by atoms with Crippen molar-refractivity contribution in [3.8, 4) is 0 Å². The minimum absolute atomic E-state index is 0.159. The quantitative estimate of drug-likeness (QED) is 0.576. The Labute approximate surface area is 140 Å². The number of hydrogen-bond acceptors (Lipinski definition) is 2. The van der Waals surface area contributed by atoms with Crippen LogP contribution < -0.4 is 0 Å². The summed E-state index contributed by atoms with van der Waals surface area (Å²) in [4.78, 5) is 10.9. The number of aliphatic hydroxyl groups is 1. The number of fused-ring (bicyclic) bond motifs is 1. The maximum atomic E-state index is 10.9. The molecule has 3 heteroatoms. The van der Waals surface area contributed by atoms with Crippen molar-refractivity contribution < 1.29 is 15.0 Å². The third-order valence-corrected chi connectivity index (χ3v) is 6.58. The number of aliphatic hydroxyl groups excluding tert-OH is 1. The standard InChI is InChI=1S/C20H32O3/c1-14-6-9-17-19(2,3)10-5-11-20(17,4)16(14)8-7-15(13-21)12-18(22)23/h6,12,16-17,21H,5,7-11,13H2,1-4H3,(H,22,23)/b15-12-/t16-,17-,20-/m1/s1. The summed E-state index contributed by atoms with van der Waals surface area (Å²) in [6.45, 7) is 9.33. The van der Waals surface area contributed by atoms with Crippen LogP contribution in [0.3, 0.4) is 0 Å². The number of carboxylic acids is 1. The number of hydrogen-bond donors (Lipinski definition) is 2. The number of carbonyl (C=O) groups is 1. The van der Waals surface area contributed by atoms with Crippen molar-refractivity contribution in [3.05, 3.63) is 23.3 Å². The van der Waals surface area contributed by atoms with E-state index in [2.05, 4.69) is 33.8 Å². The highest BCUT2D eigenvalue weighted by Crippen LogP contribution is 2.60. The average Bonchev–Trinajstić information content (AvgIpc) is 2.43. The van der Waals surface area contributed by atoms with Gasteiger partial charge in [0.05, 0.1) is 6.61 Å². The summed E-state index contributed by atoms with van der Waals surface area (Å²) in [6, 6.07) is 0. The summed E-state index contributed by atoms with van der Waals surface area (Å²) in [5, 5.41) is 18.3. The Kier molecular flexibility index (Phi) is 5.40. The topological polar surface area (TPSA) is 57.5 Å². The summed E-state index contributed by atoms with van der Waals surface area (Å²) in [7, 11) is 0. The van der Waals surface area contributed by atoms with E-state index in [-0.39, 0.29) is 6.61 Å². The van der Waals surface area contributed by atoms with E-state index in [4.69, 9.17) is 5.11 Å². The molecule has 0 unspecified atom stereocenters. The second-order valence-electron chi connectivity index (χ2n) is 8.47. The van der Waals surface area contributed by atoms with E-state index in [0.717, 1.165) is 6.42 Å². The molecule has 2 rings (SSSR count). The zero-order valence-electron chi connectivity index (χ0n) is 15.1. The van der Waals surface area contributed by atoms with Gasteiger partial charge < -0.3 is 10.2 Å². The molecular formula is C20H32O3. The first-order chi connectivity index (χ1) is 10.7. The summed E-state index contributed by atoms with van der Waals surface area (Å²) in [5.41, 5.74) is 2.75. The molecule has 0 aliphatic heterocycles. The van der Waals surface area contributed by atoms with Gasteiger partial charge in [-0.05, 0) is 67.3 Å². The van der Waals surface area contributed by atoms with Gasteiger partial charge in [0.25, 0.3) is 0 Å². The molecule has 3 atom stereocenters. The van der Waals surface area contributed by atoms with Crippen molar-refractivity contribution in [2.24, 2.45) is 22.7 Å². The maximum Gasteiger partial charge on any atom is 0.328 e. The molecule has 130 valence electrons. The number of rotatable bonds is 5. The number of carboxylic acid groups (broad SMARTS) is 1. The lowest BCUT2D eigenvalue weighted by Gasteiger charge is -2.57. The van der Waals surface area contributed by atoms with Gasteiger partial charge in [0.2, 0.25) is 0 Å². The Morgan fingerprint density at radius 3 is 2.65 bits per heavy atom. The molecule has 0 aromatic carbocycles. The zero-order chi connectivity index (χ0) is 17.3. The largest absolute Gasteiger partial charge is 0.478 e. The molecular weight excluding hydrogens is 288 g/mol. The van der Waals surface area contributed by atoms with Gasteiger partial charge in [-0.3, -0.25) is 0 Å². The van der Waals surface area contributed by atoms with Crippen LogP contribution in [0, 0.1) is 22.7 Å². The molecule has 0 aromatic heterocycles. The highest BCUT2D eigenvalue weighted by Gasteiger charge is 2.51. The van der Waals surface area contributed by atoms with E-state index in [9.17, 15) is 9.90 Å². The zero-order valence-corrected chi connectivity index (χ0v) is 15.1. The second-order valence-corrected chi connectivity index (χ2v) is 8.47. The lowest BCUT2D eigenvalue weighted by Crippen LogP contribution is -2.48. The third kappa shape index (κ3) is 3.71. The Balaban J connectivity index is 2.21. The lowest BCUT2D eigenvalue weighted by molar-refractivity contribution is -0.131. The molecule has 3 nitrogen and oxygen atoms in total. The molecule has 0 saturated heterocycles. The van der Waals surface area contributed by atoms with Crippen molar-refractivity contribution in [2.75, 3.05) is 6.61 Å². The predicted molar refractivity (Wildman–Crippen MR) is 93.1 cm³/mol. The molecule has 1 saturated carbocycles. The lowest BCUT2D eigenvalue weighted by atomic mass is 9.48. The van der Waals surface area contributed by atoms with Gasteiger partial charge in [0, 0.05) is 6.08 Å². The Morgan fingerprint density at radius 1 is 1.35 bits per heavy atom. The average molecular weight is 320 g/mol.